The molecule has 0 aliphatic carbocycles. The summed E-state index contributed by atoms with van der Waals surface area (Å²) in [7, 11) is 1.34. The van der Waals surface area contributed by atoms with E-state index in [0.717, 1.165) is 42.6 Å². The zero-order valence-corrected chi connectivity index (χ0v) is 19.3. The minimum Gasteiger partial charge on any atom is -0.618 e. The van der Waals surface area contributed by atoms with Crippen molar-refractivity contribution in [3.8, 4) is 17.2 Å². The molecular formula is C23H18F4N7O4+. The van der Waals surface area contributed by atoms with E-state index in [9.17, 15) is 32.4 Å². The van der Waals surface area contributed by atoms with Crippen molar-refractivity contribution < 1.29 is 41.3 Å². The van der Waals surface area contributed by atoms with Gasteiger partial charge in [0.1, 0.15) is 17.3 Å². The monoisotopic (exact) mass is 532 g/mol. The first kappa shape index (κ1) is 25.9. The van der Waals surface area contributed by atoms with Gasteiger partial charge < -0.3 is 25.9 Å². The highest BCUT2D eigenvalue weighted by Gasteiger charge is 2.32. The predicted molar refractivity (Wildman–Crippen MR) is 123 cm³/mol. The SMILES string of the molecule is CNC(=O)c1cc(Oc2ccc(NC(=O)Nc3cc(C(F)(F)F)ccc3-[n+]3ccn[nH]3)c(F)c2)cc[n+]1[O-]. The van der Waals surface area contributed by atoms with Crippen molar-refractivity contribution in [1.82, 2.24) is 15.6 Å². The largest absolute Gasteiger partial charge is 0.618 e. The summed E-state index contributed by atoms with van der Waals surface area (Å²) in [5.41, 5.74) is -1.63. The number of hydrogen-bond acceptors (Lipinski definition) is 5. The minimum atomic E-state index is -4.67. The number of pyridine rings is 1. The first-order chi connectivity index (χ1) is 18.0. The standard InChI is InChI=1S/C23H17F4N7O4/c1-28-21(35)20-12-15(6-8-34(20)37)38-14-3-4-17(16(24)11-14)30-22(36)31-18-10-13(23(25,26)27)2-5-19(18)33-9-7-29-32-33/h2-12H,1H3,(H3,28,30,31,35,36)/p+1. The number of anilines is 2. The van der Waals surface area contributed by atoms with Crippen LogP contribution in [0.1, 0.15) is 16.1 Å². The summed E-state index contributed by atoms with van der Waals surface area (Å²) in [6, 6.07) is 7.51. The van der Waals surface area contributed by atoms with Crippen LogP contribution in [0, 0.1) is 11.0 Å². The Labute approximate surface area is 211 Å². The molecule has 4 rings (SSSR count). The lowest BCUT2D eigenvalue weighted by molar-refractivity contribution is -0.658. The number of halogens is 4. The molecule has 4 aromatic rings. The third-order valence-corrected chi connectivity index (χ3v) is 5.06. The maximum absolute atomic E-state index is 14.7. The van der Waals surface area contributed by atoms with Crippen molar-refractivity contribution >= 4 is 23.3 Å². The van der Waals surface area contributed by atoms with Gasteiger partial charge in [-0.2, -0.15) is 17.9 Å². The summed E-state index contributed by atoms with van der Waals surface area (Å²) >= 11 is 0. The van der Waals surface area contributed by atoms with Crippen LogP contribution in [0.2, 0.25) is 0 Å². The van der Waals surface area contributed by atoms with Crippen LogP contribution in [-0.4, -0.2) is 29.3 Å². The van der Waals surface area contributed by atoms with Crippen LogP contribution in [0.15, 0.2) is 67.1 Å². The number of H-pyrrole nitrogens is 1. The van der Waals surface area contributed by atoms with E-state index in [1.54, 1.807) is 0 Å². The molecule has 0 bridgehead atoms. The zero-order chi connectivity index (χ0) is 27.4. The van der Waals surface area contributed by atoms with Gasteiger partial charge in [-0.05, 0) is 30.3 Å². The Morgan fingerprint density at radius 2 is 1.74 bits per heavy atom. The Bertz CT molecular complexity index is 1490. The normalized spacial score (nSPS) is 11.1. The number of benzene rings is 2. The molecule has 2 aromatic heterocycles. The lowest BCUT2D eigenvalue weighted by Gasteiger charge is -2.13. The molecule has 38 heavy (non-hydrogen) atoms. The molecule has 0 atom stereocenters. The number of amides is 3. The Balaban J connectivity index is 1.51. The molecule has 0 aliphatic heterocycles. The number of alkyl halides is 3. The van der Waals surface area contributed by atoms with Crippen molar-refractivity contribution in [3.05, 3.63) is 89.4 Å². The van der Waals surface area contributed by atoms with Gasteiger partial charge in [0.15, 0.2) is 18.1 Å². The molecule has 15 heteroatoms. The number of aromatic nitrogens is 4. The molecule has 196 valence electrons. The minimum absolute atomic E-state index is 0.0178. The maximum Gasteiger partial charge on any atom is 0.416 e. The summed E-state index contributed by atoms with van der Waals surface area (Å²) in [5, 5.41) is 24.8. The Morgan fingerprint density at radius 3 is 2.39 bits per heavy atom. The second-order valence-electron chi connectivity index (χ2n) is 7.60. The number of ether oxygens (including phenoxy) is 1. The highest BCUT2D eigenvalue weighted by molar-refractivity contribution is 6.00. The number of rotatable bonds is 6. The number of nitrogens with one attached hydrogen (secondary N) is 4. The molecule has 0 unspecified atom stereocenters. The summed E-state index contributed by atoms with van der Waals surface area (Å²) in [6.07, 6.45) is -0.848. The number of aromatic amines is 1. The topological polar surface area (TPSA) is 139 Å². The smallest absolute Gasteiger partial charge is 0.416 e. The molecule has 0 fully saturated rings. The van der Waals surface area contributed by atoms with Gasteiger partial charge in [-0.1, -0.05) is 5.21 Å². The van der Waals surface area contributed by atoms with Crippen LogP contribution in [0.25, 0.3) is 5.69 Å². The highest BCUT2D eigenvalue weighted by Crippen LogP contribution is 2.32. The number of carbonyl (C=O) groups is 2. The van der Waals surface area contributed by atoms with Gasteiger partial charge in [-0.15, -0.1) is 4.68 Å². The van der Waals surface area contributed by atoms with E-state index in [1.165, 1.54) is 36.3 Å². The van der Waals surface area contributed by atoms with E-state index in [1.807, 2.05) is 0 Å². The average Bonchev–Trinajstić information content (AvgIpc) is 3.40. The Hall–Kier alpha value is -5.21. The van der Waals surface area contributed by atoms with E-state index in [-0.39, 0.29) is 34.3 Å². The highest BCUT2D eigenvalue weighted by atomic mass is 19.4. The van der Waals surface area contributed by atoms with E-state index in [2.05, 4.69) is 26.3 Å². The molecule has 4 N–H and O–H groups in total. The number of urea groups is 1. The average molecular weight is 532 g/mol. The second-order valence-corrected chi connectivity index (χ2v) is 7.60. The number of nitrogens with zero attached hydrogens (tertiary/aromatic N) is 3. The molecular weight excluding hydrogens is 514 g/mol. The van der Waals surface area contributed by atoms with Crippen LogP contribution in [0.5, 0.6) is 11.5 Å². The van der Waals surface area contributed by atoms with Crippen molar-refractivity contribution in [2.75, 3.05) is 17.7 Å². The summed E-state index contributed by atoms with van der Waals surface area (Å²) < 4.78 is 61.4. The molecule has 0 saturated carbocycles. The molecule has 11 nitrogen and oxygen atoms in total. The summed E-state index contributed by atoms with van der Waals surface area (Å²) in [6.45, 7) is 0. The third-order valence-electron chi connectivity index (χ3n) is 5.06. The van der Waals surface area contributed by atoms with Crippen LogP contribution in [0.4, 0.5) is 33.7 Å². The van der Waals surface area contributed by atoms with E-state index in [4.69, 9.17) is 4.74 Å². The van der Waals surface area contributed by atoms with Crippen molar-refractivity contribution in [1.29, 1.82) is 0 Å². The van der Waals surface area contributed by atoms with E-state index >= 15 is 0 Å². The molecule has 0 aliphatic rings. The summed E-state index contributed by atoms with van der Waals surface area (Å²) in [4.78, 5) is 24.3. The van der Waals surface area contributed by atoms with E-state index in [0.29, 0.717) is 4.73 Å². The zero-order valence-electron chi connectivity index (χ0n) is 19.3. The van der Waals surface area contributed by atoms with Crippen molar-refractivity contribution in [3.63, 3.8) is 0 Å². The first-order valence-corrected chi connectivity index (χ1v) is 10.7. The van der Waals surface area contributed by atoms with Gasteiger partial charge in [0.2, 0.25) is 6.20 Å². The van der Waals surface area contributed by atoms with Crippen LogP contribution in [0.3, 0.4) is 0 Å². The summed E-state index contributed by atoms with van der Waals surface area (Å²) in [5.74, 6) is -1.53. The molecule has 2 heterocycles. The number of carbonyl (C=O) groups excluding carboxylic acids is 2. The van der Waals surface area contributed by atoms with Crippen molar-refractivity contribution in [2.45, 2.75) is 6.18 Å². The van der Waals surface area contributed by atoms with Crippen LogP contribution >= 0.6 is 0 Å². The molecule has 2 aromatic carbocycles. The number of hydrogen-bond donors (Lipinski definition) is 4. The van der Waals surface area contributed by atoms with Gasteiger partial charge in [0, 0.05) is 24.3 Å². The fraction of sp³-hybridized carbons (Fsp3) is 0.0870. The Morgan fingerprint density at radius 1 is 1.00 bits per heavy atom. The quantitative estimate of drug-likeness (QED) is 0.172. The molecule has 0 radical (unpaired) electrons. The van der Waals surface area contributed by atoms with Gasteiger partial charge in [0.25, 0.3) is 5.69 Å². The molecule has 0 saturated heterocycles. The van der Waals surface area contributed by atoms with Crippen LogP contribution in [-0.2, 0) is 6.18 Å². The third kappa shape index (κ3) is 5.77. The fourth-order valence-electron chi connectivity index (χ4n) is 3.28. The van der Waals surface area contributed by atoms with Gasteiger partial charge >= 0.3 is 18.1 Å². The first-order valence-electron chi connectivity index (χ1n) is 10.7. The molecule has 3 amide bonds. The van der Waals surface area contributed by atoms with E-state index < -0.39 is 29.5 Å². The Kier molecular flexibility index (Phi) is 7.09. The van der Waals surface area contributed by atoms with Crippen LogP contribution < -0.4 is 30.1 Å². The van der Waals surface area contributed by atoms with Gasteiger partial charge in [-0.3, -0.25) is 4.79 Å². The lowest BCUT2D eigenvalue weighted by Crippen LogP contribution is -2.37. The van der Waals surface area contributed by atoms with Gasteiger partial charge in [0.05, 0.1) is 23.0 Å². The fourth-order valence-corrected chi connectivity index (χ4v) is 3.28. The van der Waals surface area contributed by atoms with Crippen molar-refractivity contribution in [2.24, 2.45) is 0 Å². The maximum atomic E-state index is 14.7. The lowest BCUT2D eigenvalue weighted by atomic mass is 10.1. The molecule has 0 spiro atoms. The predicted octanol–water partition coefficient (Wildman–Crippen LogP) is 3.27. The second kappa shape index (κ2) is 10.4. The van der Waals surface area contributed by atoms with Gasteiger partial charge in [-0.25, -0.2) is 9.18 Å².